The molecule has 0 aliphatic carbocycles. The maximum Gasteiger partial charge on any atom is 0.410 e. The highest BCUT2D eigenvalue weighted by atomic mass is 127. The molecule has 0 atom stereocenters. The van der Waals surface area contributed by atoms with Gasteiger partial charge in [0.25, 0.3) is 5.91 Å². The standard InChI is InChI=1S/C22H37N5O4.HI/c1-6-24-20(25-14-17-8-9-18(30-17)19(23)28)27-12-10-16(11-13-27)15-26(7-2)21(29)31-22(3,4)5;/h8-9,16H,6-7,10-15H2,1-5H3,(H2,23,28)(H,24,25);1H. The molecule has 9 nitrogen and oxygen atoms in total. The number of nitrogens with one attached hydrogen (secondary N) is 1. The molecule has 3 N–H and O–H groups in total. The first-order valence-electron chi connectivity index (χ1n) is 11.0. The second kappa shape index (κ2) is 12.9. The fraction of sp³-hybridized carbons (Fsp3) is 0.682. The molecule has 10 heteroatoms. The van der Waals surface area contributed by atoms with Crippen molar-refractivity contribution in [2.24, 2.45) is 16.6 Å². The molecule has 182 valence electrons. The van der Waals surface area contributed by atoms with Crippen molar-refractivity contribution < 1.29 is 18.7 Å². The monoisotopic (exact) mass is 563 g/mol. The molecule has 0 bridgehead atoms. The van der Waals surface area contributed by atoms with Gasteiger partial charge in [-0.15, -0.1) is 24.0 Å². The summed E-state index contributed by atoms with van der Waals surface area (Å²) in [7, 11) is 0. The molecule has 1 aromatic rings. The molecular formula is C22H38IN5O4. The molecule has 0 radical (unpaired) electrons. The van der Waals surface area contributed by atoms with Gasteiger partial charge in [0, 0.05) is 32.7 Å². The summed E-state index contributed by atoms with van der Waals surface area (Å²) in [5.41, 5.74) is 4.74. The van der Waals surface area contributed by atoms with Crippen LogP contribution in [0.2, 0.25) is 0 Å². The number of furan rings is 1. The summed E-state index contributed by atoms with van der Waals surface area (Å²) in [6.45, 7) is 13.8. The Balaban J connectivity index is 0.00000512. The Morgan fingerprint density at radius 2 is 1.94 bits per heavy atom. The second-order valence-corrected chi connectivity index (χ2v) is 8.75. The van der Waals surface area contributed by atoms with E-state index in [-0.39, 0.29) is 35.8 Å². The lowest BCUT2D eigenvalue weighted by molar-refractivity contribution is 0.0214. The van der Waals surface area contributed by atoms with Crippen LogP contribution in [0.3, 0.4) is 0 Å². The minimum atomic E-state index is -0.586. The molecule has 0 spiro atoms. The summed E-state index contributed by atoms with van der Waals surface area (Å²) in [6, 6.07) is 3.28. The molecule has 0 aromatic carbocycles. The summed E-state index contributed by atoms with van der Waals surface area (Å²) < 4.78 is 10.9. The molecule has 1 aliphatic heterocycles. The van der Waals surface area contributed by atoms with Crippen LogP contribution in [0.15, 0.2) is 21.5 Å². The van der Waals surface area contributed by atoms with Crippen LogP contribution in [0, 0.1) is 5.92 Å². The Labute approximate surface area is 208 Å². The average Bonchev–Trinajstić information content (AvgIpc) is 3.18. The molecular weight excluding hydrogens is 525 g/mol. The molecule has 32 heavy (non-hydrogen) atoms. The van der Waals surface area contributed by atoms with Crippen LogP contribution in [0.25, 0.3) is 0 Å². The van der Waals surface area contributed by atoms with Crippen LogP contribution >= 0.6 is 24.0 Å². The molecule has 1 aromatic heterocycles. The van der Waals surface area contributed by atoms with Gasteiger partial charge in [-0.2, -0.15) is 0 Å². The topological polar surface area (TPSA) is 113 Å². The van der Waals surface area contributed by atoms with Crippen LogP contribution in [0.4, 0.5) is 4.79 Å². The molecule has 1 fully saturated rings. The van der Waals surface area contributed by atoms with Crippen molar-refractivity contribution in [1.82, 2.24) is 15.1 Å². The van der Waals surface area contributed by atoms with Crippen LogP contribution in [-0.2, 0) is 11.3 Å². The second-order valence-electron chi connectivity index (χ2n) is 8.75. The van der Waals surface area contributed by atoms with Crippen molar-refractivity contribution in [1.29, 1.82) is 0 Å². The lowest BCUT2D eigenvalue weighted by atomic mass is 9.96. The number of nitrogens with zero attached hydrogens (tertiary/aromatic N) is 3. The SMILES string of the molecule is CCNC(=NCc1ccc(C(N)=O)o1)N1CCC(CN(CC)C(=O)OC(C)(C)C)CC1.I. The van der Waals surface area contributed by atoms with Gasteiger partial charge in [-0.25, -0.2) is 9.79 Å². The van der Waals surface area contributed by atoms with Crippen molar-refractivity contribution >= 4 is 41.9 Å². The van der Waals surface area contributed by atoms with Crippen molar-refractivity contribution in [3.05, 3.63) is 23.7 Å². The number of piperidine rings is 1. The van der Waals surface area contributed by atoms with Gasteiger partial charge in [0.1, 0.15) is 17.9 Å². The number of likely N-dealkylation sites (tertiary alicyclic amines) is 1. The molecule has 0 saturated carbocycles. The molecule has 1 aliphatic rings. The minimum Gasteiger partial charge on any atom is -0.454 e. The predicted molar refractivity (Wildman–Crippen MR) is 135 cm³/mol. The van der Waals surface area contributed by atoms with E-state index in [0.717, 1.165) is 38.4 Å². The zero-order valence-electron chi connectivity index (χ0n) is 19.8. The Morgan fingerprint density at radius 3 is 2.44 bits per heavy atom. The first kappa shape index (κ1) is 28.1. The van der Waals surface area contributed by atoms with Gasteiger partial charge in [0.15, 0.2) is 11.7 Å². The zero-order valence-corrected chi connectivity index (χ0v) is 22.2. The first-order valence-corrected chi connectivity index (χ1v) is 11.0. The van der Waals surface area contributed by atoms with E-state index >= 15 is 0 Å². The zero-order chi connectivity index (χ0) is 23.0. The number of nitrogens with two attached hydrogens (primary N) is 1. The van der Waals surface area contributed by atoms with Gasteiger partial charge < -0.3 is 30.0 Å². The Hall–Kier alpha value is -1.98. The van der Waals surface area contributed by atoms with Crippen LogP contribution in [0.1, 0.15) is 63.8 Å². The van der Waals surface area contributed by atoms with E-state index in [4.69, 9.17) is 14.9 Å². The third kappa shape index (κ3) is 8.87. The van der Waals surface area contributed by atoms with E-state index in [1.165, 1.54) is 0 Å². The highest BCUT2D eigenvalue weighted by Gasteiger charge is 2.27. The van der Waals surface area contributed by atoms with E-state index in [9.17, 15) is 9.59 Å². The van der Waals surface area contributed by atoms with Gasteiger partial charge in [-0.05, 0) is 65.5 Å². The van der Waals surface area contributed by atoms with Crippen LogP contribution in [-0.4, -0.2) is 66.1 Å². The van der Waals surface area contributed by atoms with Crippen molar-refractivity contribution in [3.63, 3.8) is 0 Å². The van der Waals surface area contributed by atoms with Gasteiger partial charge in [-0.1, -0.05) is 0 Å². The average molecular weight is 563 g/mol. The van der Waals surface area contributed by atoms with Gasteiger partial charge in [0.05, 0.1) is 0 Å². The summed E-state index contributed by atoms with van der Waals surface area (Å²) in [4.78, 5) is 32.3. The van der Waals surface area contributed by atoms with Gasteiger partial charge in [0.2, 0.25) is 0 Å². The summed E-state index contributed by atoms with van der Waals surface area (Å²) in [5.74, 6) is 1.39. The number of hydrogen-bond acceptors (Lipinski definition) is 5. The highest BCUT2D eigenvalue weighted by Crippen LogP contribution is 2.20. The smallest absolute Gasteiger partial charge is 0.410 e. The lowest BCUT2D eigenvalue weighted by Gasteiger charge is -2.36. The highest BCUT2D eigenvalue weighted by molar-refractivity contribution is 14.0. The van der Waals surface area contributed by atoms with Crippen LogP contribution in [0.5, 0.6) is 0 Å². The number of guanidine groups is 1. The molecule has 2 amide bonds. The summed E-state index contributed by atoms with van der Waals surface area (Å²) >= 11 is 0. The maximum atomic E-state index is 12.4. The van der Waals surface area contributed by atoms with Gasteiger partial charge >= 0.3 is 6.09 Å². The van der Waals surface area contributed by atoms with Crippen molar-refractivity contribution in [2.45, 2.75) is 59.6 Å². The van der Waals surface area contributed by atoms with Crippen LogP contribution < -0.4 is 11.1 Å². The normalized spacial score (nSPS) is 15.2. The van der Waals surface area contributed by atoms with E-state index < -0.39 is 11.5 Å². The number of rotatable bonds is 7. The number of carbonyl (C=O) groups is 2. The fourth-order valence-electron chi connectivity index (χ4n) is 3.47. The molecule has 2 heterocycles. The quantitative estimate of drug-likeness (QED) is 0.299. The van der Waals surface area contributed by atoms with E-state index in [1.54, 1.807) is 17.0 Å². The third-order valence-electron chi connectivity index (χ3n) is 5.05. The maximum absolute atomic E-state index is 12.4. The Kier molecular flexibility index (Phi) is 11.3. The number of ether oxygens (including phenoxy) is 1. The summed E-state index contributed by atoms with van der Waals surface area (Å²) in [6.07, 6.45) is 1.69. The Bertz CT molecular complexity index is 767. The van der Waals surface area contributed by atoms with Crippen molar-refractivity contribution in [3.8, 4) is 0 Å². The van der Waals surface area contributed by atoms with E-state index in [1.807, 2.05) is 34.6 Å². The molecule has 0 unspecified atom stereocenters. The van der Waals surface area contributed by atoms with Crippen molar-refractivity contribution in [2.75, 3.05) is 32.7 Å². The Morgan fingerprint density at radius 1 is 1.28 bits per heavy atom. The number of hydrogen-bond donors (Lipinski definition) is 2. The van der Waals surface area contributed by atoms with Gasteiger partial charge in [-0.3, -0.25) is 4.79 Å². The first-order chi connectivity index (χ1) is 14.6. The molecule has 1 saturated heterocycles. The minimum absolute atomic E-state index is 0. The van der Waals surface area contributed by atoms with E-state index in [2.05, 4.69) is 15.2 Å². The molecule has 2 rings (SSSR count). The number of primary amides is 1. The number of aliphatic imine (C=N–C) groups is 1. The fourth-order valence-corrected chi connectivity index (χ4v) is 3.47. The number of amides is 2. The lowest BCUT2D eigenvalue weighted by Crippen LogP contribution is -2.47. The predicted octanol–water partition coefficient (Wildman–Crippen LogP) is 3.43. The number of carbonyl (C=O) groups excluding carboxylic acids is 2. The largest absolute Gasteiger partial charge is 0.454 e. The summed E-state index contributed by atoms with van der Waals surface area (Å²) in [5, 5.41) is 3.32. The van der Waals surface area contributed by atoms with E-state index in [0.29, 0.717) is 31.3 Å². The number of halogens is 1. The third-order valence-corrected chi connectivity index (χ3v) is 5.05.